The number of H-pyrrole nitrogens is 1. The summed E-state index contributed by atoms with van der Waals surface area (Å²) in [5, 5.41) is 1.07. The molecule has 0 amide bonds. The van der Waals surface area contributed by atoms with Crippen molar-refractivity contribution in [2.24, 2.45) is 0 Å². The lowest BCUT2D eigenvalue weighted by Gasteiger charge is -2.10. The Morgan fingerprint density at radius 3 is 2.39 bits per heavy atom. The molecule has 0 atom stereocenters. The lowest BCUT2D eigenvalue weighted by molar-refractivity contribution is 0.356. The van der Waals surface area contributed by atoms with Crippen LogP contribution in [0, 0.1) is 0 Å². The second kappa shape index (κ2) is 7.95. The van der Waals surface area contributed by atoms with Crippen LogP contribution in [0.15, 0.2) is 85.1 Å². The van der Waals surface area contributed by atoms with Crippen LogP contribution in [0.4, 0.5) is 0 Å². The molecular weight excluding hydrogens is 386 g/mol. The summed E-state index contributed by atoms with van der Waals surface area (Å²) in [6.45, 7) is 0. The minimum absolute atomic E-state index is 0.640. The van der Waals surface area contributed by atoms with Crippen LogP contribution in [-0.4, -0.2) is 29.2 Å². The van der Waals surface area contributed by atoms with Crippen molar-refractivity contribution < 1.29 is 9.47 Å². The maximum absolute atomic E-state index is 5.64. The third-order valence-corrected chi connectivity index (χ3v) is 5.29. The van der Waals surface area contributed by atoms with Gasteiger partial charge < -0.3 is 14.5 Å². The van der Waals surface area contributed by atoms with Crippen molar-refractivity contribution >= 4 is 10.9 Å². The van der Waals surface area contributed by atoms with Gasteiger partial charge in [-0.05, 0) is 24.3 Å². The van der Waals surface area contributed by atoms with E-state index in [0.717, 1.165) is 39.0 Å². The van der Waals surface area contributed by atoms with E-state index < -0.39 is 0 Å². The first-order chi connectivity index (χ1) is 15.3. The molecule has 0 unspecified atom stereocenters. The highest BCUT2D eigenvalue weighted by atomic mass is 16.5. The van der Waals surface area contributed by atoms with Crippen LogP contribution < -0.4 is 9.47 Å². The molecule has 2 heterocycles. The maximum Gasteiger partial charge on any atom is 0.171 e. The number of methoxy groups -OCH3 is 2. The molecule has 5 rings (SSSR count). The van der Waals surface area contributed by atoms with Crippen LogP contribution in [0.2, 0.25) is 0 Å². The van der Waals surface area contributed by atoms with Crippen LogP contribution in [0.1, 0.15) is 0 Å². The lowest BCUT2D eigenvalue weighted by atomic mass is 10.0. The van der Waals surface area contributed by atoms with Gasteiger partial charge in [-0.15, -0.1) is 0 Å². The molecule has 31 heavy (non-hydrogen) atoms. The average molecular weight is 407 g/mol. The fraction of sp³-hybridized carbons (Fsp3) is 0.0769. The number of fused-ring (bicyclic) bond motifs is 1. The zero-order valence-corrected chi connectivity index (χ0v) is 17.3. The first kappa shape index (κ1) is 18.9. The average Bonchev–Trinajstić information content (AvgIpc) is 3.29. The molecule has 0 aliphatic carbocycles. The largest absolute Gasteiger partial charge is 0.493 e. The Labute approximate surface area is 180 Å². The fourth-order valence-corrected chi connectivity index (χ4v) is 3.80. The van der Waals surface area contributed by atoms with E-state index in [1.807, 2.05) is 60.8 Å². The van der Waals surface area contributed by atoms with Crippen LogP contribution in [0.5, 0.6) is 11.5 Å². The number of nitrogens with one attached hydrogen (secondary N) is 1. The summed E-state index contributed by atoms with van der Waals surface area (Å²) >= 11 is 0. The Hall–Kier alpha value is -4.12. The Morgan fingerprint density at radius 1 is 0.774 bits per heavy atom. The minimum atomic E-state index is 0.640. The first-order valence-electron chi connectivity index (χ1n) is 10.0. The molecule has 3 aromatic carbocycles. The number of para-hydroxylation sites is 2. The predicted molar refractivity (Wildman–Crippen MR) is 123 cm³/mol. The Kier molecular flexibility index (Phi) is 4.84. The molecule has 0 fully saturated rings. The van der Waals surface area contributed by atoms with Crippen molar-refractivity contribution in [3.05, 3.63) is 85.1 Å². The standard InChI is InChI=1S/C26H21N3O2/c1-30-22-14-8-12-20(25(22)31-2)26-28-23(17-9-4-3-5-10-17)24(29-26)19-15-18-11-6-7-13-21(18)27-16-19/h3-16H,1-2H3,(H,28,29). The fourth-order valence-electron chi connectivity index (χ4n) is 3.80. The van der Waals surface area contributed by atoms with Crippen LogP contribution >= 0.6 is 0 Å². The van der Waals surface area contributed by atoms with Gasteiger partial charge in [-0.3, -0.25) is 4.98 Å². The molecule has 0 radical (unpaired) electrons. The van der Waals surface area contributed by atoms with Gasteiger partial charge in [0.15, 0.2) is 11.5 Å². The summed E-state index contributed by atoms with van der Waals surface area (Å²) in [7, 11) is 3.27. The minimum Gasteiger partial charge on any atom is -0.493 e. The van der Waals surface area contributed by atoms with Crippen molar-refractivity contribution in [2.45, 2.75) is 0 Å². The molecule has 2 aromatic heterocycles. The maximum atomic E-state index is 5.64. The van der Waals surface area contributed by atoms with Crippen LogP contribution in [0.3, 0.4) is 0 Å². The van der Waals surface area contributed by atoms with Crippen LogP contribution in [-0.2, 0) is 0 Å². The third-order valence-electron chi connectivity index (χ3n) is 5.29. The summed E-state index contributed by atoms with van der Waals surface area (Å²) in [6.07, 6.45) is 1.87. The summed E-state index contributed by atoms with van der Waals surface area (Å²) in [5.41, 5.74) is 5.55. The molecule has 0 bridgehead atoms. The van der Waals surface area contributed by atoms with Gasteiger partial charge in [0.1, 0.15) is 5.82 Å². The number of aromatic nitrogens is 3. The first-order valence-corrected chi connectivity index (χ1v) is 10.0. The van der Waals surface area contributed by atoms with E-state index in [2.05, 4.69) is 34.2 Å². The summed E-state index contributed by atoms with van der Waals surface area (Å²) < 4.78 is 11.1. The van der Waals surface area contributed by atoms with E-state index in [0.29, 0.717) is 17.3 Å². The Balaban J connectivity index is 1.74. The molecule has 5 aromatic rings. The zero-order valence-electron chi connectivity index (χ0n) is 17.3. The van der Waals surface area contributed by atoms with E-state index in [1.54, 1.807) is 14.2 Å². The molecule has 0 aliphatic rings. The normalized spacial score (nSPS) is 10.9. The van der Waals surface area contributed by atoms with Gasteiger partial charge in [0.2, 0.25) is 0 Å². The molecular formula is C26H21N3O2. The number of benzene rings is 3. The number of hydrogen-bond acceptors (Lipinski definition) is 4. The highest BCUT2D eigenvalue weighted by Crippen LogP contribution is 2.40. The Bertz CT molecular complexity index is 1360. The van der Waals surface area contributed by atoms with Crippen molar-refractivity contribution in [2.75, 3.05) is 14.2 Å². The van der Waals surface area contributed by atoms with Gasteiger partial charge in [-0.2, -0.15) is 0 Å². The summed E-state index contributed by atoms with van der Waals surface area (Å²) in [5.74, 6) is 2.01. The third kappa shape index (κ3) is 3.40. The quantitative estimate of drug-likeness (QED) is 0.390. The molecule has 0 saturated carbocycles. The number of pyridine rings is 1. The molecule has 0 spiro atoms. The number of rotatable bonds is 5. The molecule has 1 N–H and O–H groups in total. The van der Waals surface area contributed by atoms with Gasteiger partial charge in [0.25, 0.3) is 0 Å². The zero-order chi connectivity index (χ0) is 21.2. The smallest absolute Gasteiger partial charge is 0.171 e. The predicted octanol–water partition coefficient (Wildman–Crippen LogP) is 5.98. The monoisotopic (exact) mass is 407 g/mol. The van der Waals surface area contributed by atoms with E-state index in [9.17, 15) is 0 Å². The van der Waals surface area contributed by atoms with E-state index in [4.69, 9.17) is 14.5 Å². The second-order valence-electron chi connectivity index (χ2n) is 7.13. The van der Waals surface area contributed by atoms with Gasteiger partial charge in [-0.1, -0.05) is 54.6 Å². The van der Waals surface area contributed by atoms with Crippen molar-refractivity contribution in [1.29, 1.82) is 0 Å². The number of imidazole rings is 1. The highest BCUT2D eigenvalue weighted by Gasteiger charge is 2.19. The van der Waals surface area contributed by atoms with Gasteiger partial charge in [-0.25, -0.2) is 4.98 Å². The number of hydrogen-bond donors (Lipinski definition) is 1. The molecule has 152 valence electrons. The van der Waals surface area contributed by atoms with Gasteiger partial charge in [0, 0.05) is 22.7 Å². The van der Waals surface area contributed by atoms with E-state index in [1.165, 1.54) is 0 Å². The number of aromatic amines is 1. The van der Waals surface area contributed by atoms with E-state index in [-0.39, 0.29) is 0 Å². The molecule has 0 aliphatic heterocycles. The van der Waals surface area contributed by atoms with Crippen LogP contribution in [0.25, 0.3) is 44.8 Å². The molecule has 0 saturated heterocycles. The topological polar surface area (TPSA) is 60.0 Å². The van der Waals surface area contributed by atoms with Gasteiger partial charge in [0.05, 0.1) is 36.7 Å². The summed E-state index contributed by atoms with van der Waals surface area (Å²) in [4.78, 5) is 13.1. The summed E-state index contributed by atoms with van der Waals surface area (Å²) in [6, 6.07) is 26.1. The van der Waals surface area contributed by atoms with Gasteiger partial charge >= 0.3 is 0 Å². The lowest BCUT2D eigenvalue weighted by Crippen LogP contribution is -1.94. The molecule has 5 nitrogen and oxygen atoms in total. The number of nitrogens with zero attached hydrogens (tertiary/aromatic N) is 2. The Morgan fingerprint density at radius 2 is 1.58 bits per heavy atom. The molecule has 5 heteroatoms. The SMILES string of the molecule is COc1cccc(-c2nc(-c3cnc4ccccc4c3)c(-c3ccccc3)[nH]2)c1OC. The van der Waals surface area contributed by atoms with Crippen molar-refractivity contribution in [3.8, 4) is 45.4 Å². The van der Waals surface area contributed by atoms with Crippen molar-refractivity contribution in [3.63, 3.8) is 0 Å². The van der Waals surface area contributed by atoms with E-state index >= 15 is 0 Å². The number of ether oxygens (including phenoxy) is 2. The second-order valence-corrected chi connectivity index (χ2v) is 7.13. The van der Waals surface area contributed by atoms with Crippen molar-refractivity contribution in [1.82, 2.24) is 15.0 Å². The highest BCUT2D eigenvalue weighted by molar-refractivity contribution is 5.88.